The molecule has 8 heteroatoms. The van der Waals surface area contributed by atoms with Crippen molar-refractivity contribution in [1.82, 2.24) is 14.7 Å². The van der Waals surface area contributed by atoms with Gasteiger partial charge >= 0.3 is 0 Å². The van der Waals surface area contributed by atoms with E-state index >= 15 is 0 Å². The minimum Gasteiger partial charge on any atom is -0.382 e. The van der Waals surface area contributed by atoms with E-state index in [9.17, 15) is 4.79 Å². The van der Waals surface area contributed by atoms with Gasteiger partial charge in [-0.25, -0.2) is 0 Å². The number of benzene rings is 1. The van der Waals surface area contributed by atoms with Gasteiger partial charge in [-0.05, 0) is 45.1 Å². The Balaban J connectivity index is 1.82. The molecule has 1 saturated carbocycles. The van der Waals surface area contributed by atoms with Crippen molar-refractivity contribution < 1.29 is 0 Å². The Labute approximate surface area is 167 Å². The molecule has 2 aromatic rings. The molecule has 0 saturated heterocycles. The maximum Gasteiger partial charge on any atom is 0.291 e. The number of likely N-dealkylation sites (N-methyl/N-ethyl adjacent to an activating group) is 1. The van der Waals surface area contributed by atoms with E-state index in [-0.39, 0.29) is 15.6 Å². The molecule has 1 aliphatic rings. The van der Waals surface area contributed by atoms with Crippen LogP contribution >= 0.6 is 34.8 Å². The van der Waals surface area contributed by atoms with E-state index < -0.39 is 5.56 Å². The molecular weight excluding hydrogens is 395 g/mol. The number of anilines is 1. The molecular formula is C18H21Cl3N4O. The van der Waals surface area contributed by atoms with E-state index in [2.05, 4.69) is 29.4 Å². The molecule has 1 aromatic heterocycles. The third-order valence-electron chi connectivity index (χ3n) is 5.16. The molecule has 0 radical (unpaired) electrons. The van der Waals surface area contributed by atoms with Gasteiger partial charge in [0.2, 0.25) is 0 Å². The van der Waals surface area contributed by atoms with E-state index in [0.717, 1.165) is 12.2 Å². The first kappa shape index (κ1) is 19.5. The minimum absolute atomic E-state index is 0.0610. The van der Waals surface area contributed by atoms with Crippen LogP contribution < -0.4 is 10.9 Å². The SMILES string of the molecule is CN(C)C1(CNc2ccc(-n3ncc(Cl)c(Cl)c3=O)cc2Cl)CCCC1. The van der Waals surface area contributed by atoms with Crippen molar-refractivity contribution in [2.45, 2.75) is 31.2 Å². The van der Waals surface area contributed by atoms with Crippen LogP contribution in [-0.2, 0) is 0 Å². The molecule has 0 atom stereocenters. The van der Waals surface area contributed by atoms with Crippen molar-refractivity contribution in [2.24, 2.45) is 0 Å². The van der Waals surface area contributed by atoms with Crippen LogP contribution in [0.15, 0.2) is 29.2 Å². The van der Waals surface area contributed by atoms with Crippen LogP contribution in [0.5, 0.6) is 0 Å². The average Bonchev–Trinajstić information content (AvgIpc) is 3.09. The monoisotopic (exact) mass is 414 g/mol. The summed E-state index contributed by atoms with van der Waals surface area (Å²) < 4.78 is 1.18. The highest BCUT2D eigenvalue weighted by Gasteiger charge is 2.35. The van der Waals surface area contributed by atoms with Crippen molar-refractivity contribution in [3.05, 3.63) is 49.8 Å². The van der Waals surface area contributed by atoms with E-state index in [4.69, 9.17) is 34.8 Å². The molecule has 3 rings (SSSR count). The molecule has 140 valence electrons. The molecule has 26 heavy (non-hydrogen) atoms. The van der Waals surface area contributed by atoms with Crippen molar-refractivity contribution in [3.8, 4) is 5.69 Å². The lowest BCUT2D eigenvalue weighted by Gasteiger charge is -2.37. The predicted molar refractivity (Wildman–Crippen MR) is 108 cm³/mol. The molecule has 1 aromatic carbocycles. The van der Waals surface area contributed by atoms with Gasteiger partial charge in [-0.3, -0.25) is 4.79 Å². The second kappa shape index (κ2) is 7.77. The summed E-state index contributed by atoms with van der Waals surface area (Å²) in [4.78, 5) is 14.5. The van der Waals surface area contributed by atoms with Gasteiger partial charge in [0.1, 0.15) is 5.02 Å². The van der Waals surface area contributed by atoms with Crippen molar-refractivity contribution >= 4 is 40.5 Å². The highest BCUT2D eigenvalue weighted by atomic mass is 35.5. The van der Waals surface area contributed by atoms with Crippen LogP contribution in [0.25, 0.3) is 5.69 Å². The number of rotatable bonds is 5. The fraction of sp³-hybridized carbons (Fsp3) is 0.444. The maximum atomic E-state index is 12.2. The lowest BCUT2D eigenvalue weighted by Crippen LogP contribution is -2.47. The van der Waals surface area contributed by atoms with E-state index in [1.807, 2.05) is 6.07 Å². The summed E-state index contributed by atoms with van der Waals surface area (Å²) in [6.45, 7) is 0.823. The highest BCUT2D eigenvalue weighted by molar-refractivity contribution is 6.41. The van der Waals surface area contributed by atoms with Crippen molar-refractivity contribution in [3.63, 3.8) is 0 Å². The number of hydrogen-bond acceptors (Lipinski definition) is 4. The number of nitrogens with zero attached hydrogens (tertiary/aromatic N) is 3. The summed E-state index contributed by atoms with van der Waals surface area (Å²) in [7, 11) is 4.25. The van der Waals surface area contributed by atoms with Gasteiger partial charge in [-0.1, -0.05) is 47.6 Å². The molecule has 0 spiro atoms. The summed E-state index contributed by atoms with van der Waals surface area (Å²) in [6.07, 6.45) is 6.18. The summed E-state index contributed by atoms with van der Waals surface area (Å²) >= 11 is 18.2. The van der Waals surface area contributed by atoms with Gasteiger partial charge < -0.3 is 10.2 Å². The summed E-state index contributed by atoms with van der Waals surface area (Å²) in [5.74, 6) is 0. The Morgan fingerprint density at radius 2 is 1.88 bits per heavy atom. The first-order valence-electron chi connectivity index (χ1n) is 8.49. The van der Waals surface area contributed by atoms with Crippen LogP contribution in [0.3, 0.4) is 0 Å². The first-order valence-corrected chi connectivity index (χ1v) is 9.62. The molecule has 1 N–H and O–H groups in total. The first-order chi connectivity index (χ1) is 12.3. The molecule has 0 amide bonds. The van der Waals surface area contributed by atoms with Gasteiger partial charge in [0.05, 0.1) is 27.6 Å². The van der Waals surface area contributed by atoms with Gasteiger partial charge in [-0.15, -0.1) is 0 Å². The van der Waals surface area contributed by atoms with Gasteiger partial charge in [0.25, 0.3) is 5.56 Å². The molecule has 1 heterocycles. The fourth-order valence-electron chi connectivity index (χ4n) is 3.45. The summed E-state index contributed by atoms with van der Waals surface area (Å²) in [5.41, 5.74) is 1.04. The standard InChI is InChI=1S/C18H21Cl3N4O/c1-24(2)18(7-3-4-8-18)11-22-15-6-5-12(9-13(15)19)25-17(26)16(21)14(20)10-23-25/h5-6,9-10,22H,3-4,7-8,11H2,1-2H3. The van der Waals surface area contributed by atoms with Crippen LogP contribution in [-0.4, -0.2) is 40.9 Å². The lowest BCUT2D eigenvalue weighted by molar-refractivity contribution is 0.172. The topological polar surface area (TPSA) is 50.2 Å². The van der Waals surface area contributed by atoms with Crippen LogP contribution in [0.4, 0.5) is 5.69 Å². The van der Waals surface area contributed by atoms with Crippen molar-refractivity contribution in [1.29, 1.82) is 0 Å². The quantitative estimate of drug-likeness (QED) is 0.782. The smallest absolute Gasteiger partial charge is 0.291 e. The van der Waals surface area contributed by atoms with E-state index in [1.165, 1.54) is 36.6 Å². The van der Waals surface area contributed by atoms with Crippen molar-refractivity contribution in [2.75, 3.05) is 26.0 Å². The number of aromatic nitrogens is 2. The zero-order chi connectivity index (χ0) is 18.9. The van der Waals surface area contributed by atoms with Crippen LogP contribution in [0.2, 0.25) is 15.1 Å². The molecule has 1 fully saturated rings. The maximum absolute atomic E-state index is 12.2. The number of halogens is 3. The Hall–Kier alpha value is -1.27. The fourth-order valence-corrected chi connectivity index (χ4v) is 3.95. The largest absolute Gasteiger partial charge is 0.382 e. The van der Waals surface area contributed by atoms with Gasteiger partial charge in [0.15, 0.2) is 0 Å². The molecule has 1 aliphatic carbocycles. The Morgan fingerprint density at radius 3 is 2.50 bits per heavy atom. The molecule has 0 unspecified atom stereocenters. The second-order valence-electron chi connectivity index (χ2n) is 6.87. The number of hydrogen-bond donors (Lipinski definition) is 1. The zero-order valence-electron chi connectivity index (χ0n) is 14.7. The summed E-state index contributed by atoms with van der Waals surface area (Å²) in [6, 6.07) is 5.33. The normalized spacial score (nSPS) is 16.2. The zero-order valence-corrected chi connectivity index (χ0v) is 17.0. The number of nitrogens with one attached hydrogen (secondary N) is 1. The van der Waals surface area contributed by atoms with Crippen LogP contribution in [0, 0.1) is 0 Å². The average molecular weight is 416 g/mol. The second-order valence-corrected chi connectivity index (χ2v) is 8.06. The summed E-state index contributed by atoms with van der Waals surface area (Å²) in [5, 5.41) is 8.08. The highest BCUT2D eigenvalue weighted by Crippen LogP contribution is 2.35. The predicted octanol–water partition coefficient (Wildman–Crippen LogP) is 4.48. The van der Waals surface area contributed by atoms with Crippen LogP contribution in [0.1, 0.15) is 25.7 Å². The Bertz CT molecular complexity index is 860. The minimum atomic E-state index is -0.478. The Morgan fingerprint density at radius 1 is 1.19 bits per heavy atom. The van der Waals surface area contributed by atoms with Gasteiger partial charge in [-0.2, -0.15) is 9.78 Å². The third-order valence-corrected chi connectivity index (χ3v) is 6.23. The molecule has 0 aliphatic heterocycles. The van der Waals surface area contributed by atoms with E-state index in [1.54, 1.807) is 12.1 Å². The molecule has 5 nitrogen and oxygen atoms in total. The molecule has 0 bridgehead atoms. The lowest BCUT2D eigenvalue weighted by atomic mass is 9.96. The third kappa shape index (κ3) is 3.72. The Kier molecular flexibility index (Phi) is 5.82. The van der Waals surface area contributed by atoms with E-state index in [0.29, 0.717) is 10.7 Å². The van der Waals surface area contributed by atoms with Gasteiger partial charge in [0, 0.05) is 12.1 Å².